The molecule has 2 aromatic rings. The summed E-state index contributed by atoms with van der Waals surface area (Å²) in [5.74, 6) is -0.464. The third-order valence-electron chi connectivity index (χ3n) is 3.71. The minimum absolute atomic E-state index is 0.0325. The summed E-state index contributed by atoms with van der Waals surface area (Å²) in [4.78, 5) is 12.4. The summed E-state index contributed by atoms with van der Waals surface area (Å²) in [6, 6.07) is 12.8. The van der Waals surface area contributed by atoms with Crippen LogP contribution in [-0.2, 0) is 10.5 Å². The number of hydrogen-bond acceptors (Lipinski definition) is 3. The topological polar surface area (TPSA) is 38.8 Å². The molecular weight excluding hydrogens is 276 g/mol. The molecule has 0 N–H and O–H groups in total. The SMILES string of the molecule is Cc1ccc2c(c1)C(=O)C1OC1(c1cccc(Cl)c1)O2. The number of ether oxygens (including phenoxy) is 2. The minimum atomic E-state index is -0.996. The molecule has 20 heavy (non-hydrogen) atoms. The van der Waals surface area contributed by atoms with E-state index in [1.165, 1.54) is 0 Å². The number of carbonyl (C=O) groups is 1. The first kappa shape index (κ1) is 11.9. The number of halogens is 1. The zero-order valence-electron chi connectivity index (χ0n) is 10.7. The fourth-order valence-electron chi connectivity index (χ4n) is 2.66. The van der Waals surface area contributed by atoms with Crippen LogP contribution in [-0.4, -0.2) is 11.9 Å². The predicted octanol–water partition coefficient (Wildman–Crippen LogP) is 3.48. The Bertz CT molecular complexity index is 740. The van der Waals surface area contributed by atoms with E-state index in [0.29, 0.717) is 16.3 Å². The molecule has 1 saturated heterocycles. The van der Waals surface area contributed by atoms with Gasteiger partial charge in [0, 0.05) is 10.6 Å². The van der Waals surface area contributed by atoms with E-state index in [1.54, 1.807) is 12.1 Å². The summed E-state index contributed by atoms with van der Waals surface area (Å²) >= 11 is 6.01. The highest BCUT2D eigenvalue weighted by Crippen LogP contribution is 2.53. The largest absolute Gasteiger partial charge is 0.454 e. The molecule has 0 bridgehead atoms. The summed E-state index contributed by atoms with van der Waals surface area (Å²) in [6.45, 7) is 1.94. The van der Waals surface area contributed by atoms with Gasteiger partial charge in [0.25, 0.3) is 5.79 Å². The summed E-state index contributed by atoms with van der Waals surface area (Å²) in [6.07, 6.45) is -0.574. The Morgan fingerprint density at radius 1 is 1.20 bits per heavy atom. The molecule has 0 radical (unpaired) electrons. The molecule has 2 aliphatic heterocycles. The fraction of sp³-hybridized carbons (Fsp3) is 0.188. The lowest BCUT2D eigenvalue weighted by Gasteiger charge is -2.22. The second-order valence-electron chi connectivity index (χ2n) is 5.14. The lowest BCUT2D eigenvalue weighted by atomic mass is 9.95. The standard InChI is InChI=1S/C16H11ClO3/c1-9-5-6-13-12(7-9)14(18)15-16(19-13,20-15)10-3-2-4-11(17)8-10/h2-8,15H,1H3. The molecule has 2 aromatic carbocycles. The number of benzene rings is 2. The van der Waals surface area contributed by atoms with E-state index in [2.05, 4.69) is 0 Å². The Balaban J connectivity index is 1.82. The van der Waals surface area contributed by atoms with Gasteiger partial charge >= 0.3 is 0 Å². The number of epoxide rings is 1. The Kier molecular flexibility index (Phi) is 2.29. The lowest BCUT2D eigenvalue weighted by molar-refractivity contribution is 0.0571. The Labute approximate surface area is 121 Å². The third kappa shape index (κ3) is 1.54. The Morgan fingerprint density at radius 2 is 2.05 bits per heavy atom. The summed E-state index contributed by atoms with van der Waals surface area (Å²) < 4.78 is 11.6. The van der Waals surface area contributed by atoms with Crippen LogP contribution in [0.15, 0.2) is 42.5 Å². The van der Waals surface area contributed by atoms with Crippen molar-refractivity contribution in [2.45, 2.75) is 18.8 Å². The maximum atomic E-state index is 12.4. The average Bonchev–Trinajstić information content (AvgIpc) is 3.16. The van der Waals surface area contributed by atoms with Crippen LogP contribution in [0, 0.1) is 6.92 Å². The molecule has 2 heterocycles. The highest BCUT2D eigenvalue weighted by Gasteiger charge is 2.67. The molecule has 2 unspecified atom stereocenters. The smallest absolute Gasteiger partial charge is 0.272 e. The monoisotopic (exact) mass is 286 g/mol. The molecule has 3 nitrogen and oxygen atoms in total. The molecule has 0 saturated carbocycles. The lowest BCUT2D eigenvalue weighted by Crippen LogP contribution is -2.30. The van der Waals surface area contributed by atoms with Crippen molar-refractivity contribution in [2.24, 2.45) is 0 Å². The van der Waals surface area contributed by atoms with Crippen LogP contribution in [0.3, 0.4) is 0 Å². The zero-order valence-corrected chi connectivity index (χ0v) is 11.5. The van der Waals surface area contributed by atoms with Gasteiger partial charge in [0.2, 0.25) is 5.78 Å². The van der Waals surface area contributed by atoms with E-state index in [4.69, 9.17) is 21.1 Å². The molecule has 100 valence electrons. The van der Waals surface area contributed by atoms with Gasteiger partial charge < -0.3 is 9.47 Å². The zero-order chi connectivity index (χ0) is 13.9. The quantitative estimate of drug-likeness (QED) is 0.754. The Morgan fingerprint density at radius 3 is 2.85 bits per heavy atom. The fourth-order valence-corrected chi connectivity index (χ4v) is 2.85. The normalized spacial score (nSPS) is 26.5. The summed E-state index contributed by atoms with van der Waals surface area (Å²) in [5.41, 5.74) is 2.39. The molecule has 1 fully saturated rings. The Hall–Kier alpha value is -1.84. The number of Topliss-reactive ketones (excluding diaryl/α,β-unsaturated/α-hetero) is 1. The van der Waals surface area contributed by atoms with Gasteiger partial charge in [-0.1, -0.05) is 35.4 Å². The maximum Gasteiger partial charge on any atom is 0.272 e. The van der Waals surface area contributed by atoms with Crippen molar-refractivity contribution in [1.82, 2.24) is 0 Å². The van der Waals surface area contributed by atoms with Crippen molar-refractivity contribution < 1.29 is 14.3 Å². The molecule has 4 heteroatoms. The van der Waals surface area contributed by atoms with Gasteiger partial charge in [-0.15, -0.1) is 0 Å². The number of ketones is 1. The van der Waals surface area contributed by atoms with E-state index >= 15 is 0 Å². The van der Waals surface area contributed by atoms with Gasteiger partial charge in [0.15, 0.2) is 6.10 Å². The van der Waals surface area contributed by atoms with Crippen molar-refractivity contribution in [1.29, 1.82) is 0 Å². The number of aryl methyl sites for hydroxylation is 1. The molecular formula is C16H11ClO3. The summed E-state index contributed by atoms with van der Waals surface area (Å²) in [7, 11) is 0. The van der Waals surface area contributed by atoms with Gasteiger partial charge in [-0.2, -0.15) is 0 Å². The number of hydrogen-bond donors (Lipinski definition) is 0. The van der Waals surface area contributed by atoms with Crippen LogP contribution in [0.4, 0.5) is 0 Å². The van der Waals surface area contributed by atoms with Crippen LogP contribution < -0.4 is 4.74 Å². The van der Waals surface area contributed by atoms with Crippen molar-refractivity contribution in [3.8, 4) is 5.75 Å². The van der Waals surface area contributed by atoms with E-state index in [0.717, 1.165) is 11.1 Å². The van der Waals surface area contributed by atoms with E-state index in [9.17, 15) is 4.79 Å². The molecule has 0 aromatic heterocycles. The van der Waals surface area contributed by atoms with Crippen LogP contribution in [0.5, 0.6) is 5.75 Å². The van der Waals surface area contributed by atoms with Crippen molar-refractivity contribution in [3.05, 3.63) is 64.2 Å². The molecule has 2 atom stereocenters. The number of fused-ring (bicyclic) bond motifs is 2. The van der Waals surface area contributed by atoms with E-state index in [1.807, 2.05) is 37.3 Å². The molecule has 0 aliphatic carbocycles. The van der Waals surface area contributed by atoms with E-state index < -0.39 is 11.9 Å². The minimum Gasteiger partial charge on any atom is -0.454 e. The average molecular weight is 287 g/mol. The first-order chi connectivity index (χ1) is 9.60. The van der Waals surface area contributed by atoms with Crippen molar-refractivity contribution >= 4 is 17.4 Å². The van der Waals surface area contributed by atoms with Gasteiger partial charge in [0.05, 0.1) is 5.56 Å². The first-order valence-electron chi connectivity index (χ1n) is 6.38. The van der Waals surface area contributed by atoms with Crippen LogP contribution in [0.2, 0.25) is 5.02 Å². The van der Waals surface area contributed by atoms with Gasteiger partial charge in [-0.05, 0) is 31.2 Å². The molecule has 0 amide bonds. The highest BCUT2D eigenvalue weighted by atomic mass is 35.5. The second-order valence-corrected chi connectivity index (χ2v) is 5.58. The molecule has 0 spiro atoms. The molecule has 2 aliphatic rings. The maximum absolute atomic E-state index is 12.4. The van der Waals surface area contributed by atoms with Crippen LogP contribution in [0.1, 0.15) is 21.5 Å². The van der Waals surface area contributed by atoms with Gasteiger partial charge in [0.1, 0.15) is 5.75 Å². The van der Waals surface area contributed by atoms with Crippen molar-refractivity contribution in [3.63, 3.8) is 0 Å². The highest BCUT2D eigenvalue weighted by molar-refractivity contribution is 6.30. The molecule has 4 rings (SSSR count). The summed E-state index contributed by atoms with van der Waals surface area (Å²) in [5, 5.41) is 0.594. The second kappa shape index (κ2) is 3.84. The number of carbonyl (C=O) groups excluding carboxylic acids is 1. The van der Waals surface area contributed by atoms with Gasteiger partial charge in [-0.25, -0.2) is 0 Å². The third-order valence-corrected chi connectivity index (χ3v) is 3.94. The van der Waals surface area contributed by atoms with Crippen LogP contribution in [0.25, 0.3) is 0 Å². The predicted molar refractivity (Wildman–Crippen MR) is 74.1 cm³/mol. The van der Waals surface area contributed by atoms with Crippen LogP contribution >= 0.6 is 11.6 Å². The van der Waals surface area contributed by atoms with Gasteiger partial charge in [-0.3, -0.25) is 4.79 Å². The van der Waals surface area contributed by atoms with E-state index in [-0.39, 0.29) is 5.78 Å². The first-order valence-corrected chi connectivity index (χ1v) is 6.76. The number of rotatable bonds is 1. The van der Waals surface area contributed by atoms with Crippen molar-refractivity contribution in [2.75, 3.05) is 0 Å².